The Bertz CT molecular complexity index is 470. The van der Waals surface area contributed by atoms with E-state index >= 15 is 0 Å². The largest absolute Gasteiger partial charge is 0.308 e. The molecule has 0 saturated heterocycles. The molecule has 3 nitrogen and oxygen atoms in total. The average molecular weight is 229 g/mol. The molecule has 0 aliphatic carbocycles. The Kier molecular flexibility index (Phi) is 3.59. The normalized spacial score (nSPS) is 12.6. The molecule has 2 rings (SSSR count). The lowest BCUT2D eigenvalue weighted by Gasteiger charge is -2.17. The van der Waals surface area contributed by atoms with Crippen LogP contribution in [0.3, 0.4) is 0 Å². The fraction of sp³-hybridized carbons (Fsp3) is 0.357. The molecule has 1 atom stereocenters. The number of nitrogens with zero attached hydrogens (tertiary/aromatic N) is 2. The van der Waals surface area contributed by atoms with Crippen molar-refractivity contribution in [2.75, 3.05) is 7.05 Å². The molecule has 3 heteroatoms. The topological polar surface area (TPSA) is 29.9 Å². The molecule has 90 valence electrons. The highest BCUT2D eigenvalue weighted by Crippen LogP contribution is 2.21. The minimum atomic E-state index is 0.202. The van der Waals surface area contributed by atoms with E-state index in [1.165, 1.54) is 16.8 Å². The van der Waals surface area contributed by atoms with E-state index in [9.17, 15) is 0 Å². The monoisotopic (exact) mass is 229 g/mol. The van der Waals surface area contributed by atoms with Crippen molar-refractivity contribution in [1.29, 1.82) is 0 Å². The molecule has 1 unspecified atom stereocenters. The number of hydrogen-bond donors (Lipinski definition) is 1. The summed E-state index contributed by atoms with van der Waals surface area (Å²) in [6.07, 6.45) is 2.91. The predicted molar refractivity (Wildman–Crippen MR) is 69.9 cm³/mol. The van der Waals surface area contributed by atoms with E-state index in [4.69, 9.17) is 0 Å². The molecule has 0 saturated carbocycles. The maximum atomic E-state index is 4.22. The lowest BCUT2D eigenvalue weighted by Crippen LogP contribution is -2.20. The Hall–Kier alpha value is -1.61. The number of benzene rings is 1. The third-order valence-corrected chi connectivity index (χ3v) is 3.16. The first kappa shape index (κ1) is 11.9. The Morgan fingerprint density at radius 3 is 2.41 bits per heavy atom. The Labute approximate surface area is 102 Å². The van der Waals surface area contributed by atoms with Crippen LogP contribution in [-0.4, -0.2) is 16.8 Å². The van der Waals surface area contributed by atoms with Gasteiger partial charge in [-0.05, 0) is 30.7 Å². The summed E-state index contributed by atoms with van der Waals surface area (Å²) < 4.78 is 1.91. The number of aryl methyl sites for hydroxylation is 2. The maximum absolute atomic E-state index is 4.22. The van der Waals surface area contributed by atoms with Crippen LogP contribution in [0, 0.1) is 0 Å². The second-order valence-electron chi connectivity index (χ2n) is 4.20. The van der Waals surface area contributed by atoms with Gasteiger partial charge in [0.15, 0.2) is 0 Å². The zero-order chi connectivity index (χ0) is 12.3. The summed E-state index contributed by atoms with van der Waals surface area (Å²) in [5, 5.41) is 7.56. The van der Waals surface area contributed by atoms with Gasteiger partial charge in [0.1, 0.15) is 0 Å². The summed E-state index contributed by atoms with van der Waals surface area (Å²) in [5.74, 6) is 0. The fourth-order valence-corrected chi connectivity index (χ4v) is 2.10. The highest BCUT2D eigenvalue weighted by Gasteiger charge is 2.14. The third kappa shape index (κ3) is 2.39. The molecule has 0 amide bonds. The Morgan fingerprint density at radius 2 is 1.94 bits per heavy atom. The molecule has 2 aromatic rings. The number of rotatable bonds is 4. The predicted octanol–water partition coefficient (Wildman–Crippen LogP) is 2.29. The van der Waals surface area contributed by atoms with Gasteiger partial charge in [0.2, 0.25) is 0 Å². The summed E-state index contributed by atoms with van der Waals surface area (Å²) in [6.45, 7) is 2.17. The summed E-state index contributed by atoms with van der Waals surface area (Å²) in [4.78, 5) is 0. The molecule has 0 spiro atoms. The van der Waals surface area contributed by atoms with Gasteiger partial charge in [-0.1, -0.05) is 31.2 Å². The molecule has 1 N–H and O–H groups in total. The molecule has 0 aliphatic rings. The highest BCUT2D eigenvalue weighted by atomic mass is 15.3. The van der Waals surface area contributed by atoms with Crippen molar-refractivity contribution < 1.29 is 0 Å². The van der Waals surface area contributed by atoms with Crippen LogP contribution in [0.1, 0.15) is 29.8 Å². The van der Waals surface area contributed by atoms with Crippen molar-refractivity contribution >= 4 is 0 Å². The first-order chi connectivity index (χ1) is 8.26. The van der Waals surface area contributed by atoms with Crippen LogP contribution in [0.4, 0.5) is 0 Å². The zero-order valence-electron chi connectivity index (χ0n) is 10.6. The van der Waals surface area contributed by atoms with Crippen LogP contribution >= 0.6 is 0 Å². The Balaban J connectivity index is 2.32. The molecule has 0 bridgehead atoms. The van der Waals surface area contributed by atoms with E-state index in [2.05, 4.69) is 47.7 Å². The lowest BCUT2D eigenvalue weighted by molar-refractivity contribution is 0.606. The van der Waals surface area contributed by atoms with Crippen LogP contribution in [0.15, 0.2) is 36.5 Å². The minimum absolute atomic E-state index is 0.202. The van der Waals surface area contributed by atoms with Crippen molar-refractivity contribution in [3.63, 3.8) is 0 Å². The van der Waals surface area contributed by atoms with Crippen LogP contribution in [-0.2, 0) is 13.5 Å². The van der Waals surface area contributed by atoms with Gasteiger partial charge >= 0.3 is 0 Å². The van der Waals surface area contributed by atoms with Gasteiger partial charge in [-0.15, -0.1) is 0 Å². The van der Waals surface area contributed by atoms with Crippen LogP contribution in [0.25, 0.3) is 0 Å². The molecule has 1 heterocycles. The smallest absolute Gasteiger partial charge is 0.0745 e. The zero-order valence-corrected chi connectivity index (χ0v) is 10.6. The third-order valence-electron chi connectivity index (χ3n) is 3.16. The van der Waals surface area contributed by atoms with E-state index in [0.29, 0.717) is 0 Å². The molecule has 1 aromatic heterocycles. The summed E-state index contributed by atoms with van der Waals surface area (Å²) in [5.41, 5.74) is 3.82. The van der Waals surface area contributed by atoms with Crippen LogP contribution < -0.4 is 5.32 Å². The van der Waals surface area contributed by atoms with Crippen molar-refractivity contribution in [2.24, 2.45) is 7.05 Å². The van der Waals surface area contributed by atoms with Crippen molar-refractivity contribution in [3.8, 4) is 0 Å². The van der Waals surface area contributed by atoms with Crippen molar-refractivity contribution in [1.82, 2.24) is 15.1 Å². The van der Waals surface area contributed by atoms with Gasteiger partial charge in [0.05, 0.1) is 11.7 Å². The van der Waals surface area contributed by atoms with E-state index in [0.717, 1.165) is 6.42 Å². The number of nitrogens with one attached hydrogen (secondary N) is 1. The number of hydrogen-bond acceptors (Lipinski definition) is 2. The molecule has 0 aliphatic heterocycles. The minimum Gasteiger partial charge on any atom is -0.308 e. The molecular weight excluding hydrogens is 210 g/mol. The standard InChI is InChI=1S/C14H19N3/c1-4-11-5-7-12(8-6-11)14(15-2)13-9-10-16-17(13)3/h5-10,14-15H,4H2,1-3H3. The van der Waals surface area contributed by atoms with Gasteiger partial charge < -0.3 is 5.32 Å². The molecule has 17 heavy (non-hydrogen) atoms. The van der Waals surface area contributed by atoms with E-state index in [-0.39, 0.29) is 6.04 Å². The van der Waals surface area contributed by atoms with E-state index < -0.39 is 0 Å². The Morgan fingerprint density at radius 1 is 1.24 bits per heavy atom. The maximum Gasteiger partial charge on any atom is 0.0745 e. The second-order valence-corrected chi connectivity index (χ2v) is 4.20. The molecule has 1 aromatic carbocycles. The highest BCUT2D eigenvalue weighted by molar-refractivity contribution is 5.30. The van der Waals surface area contributed by atoms with Gasteiger partial charge in [0.25, 0.3) is 0 Å². The lowest BCUT2D eigenvalue weighted by atomic mass is 10.0. The quantitative estimate of drug-likeness (QED) is 0.871. The van der Waals surface area contributed by atoms with Gasteiger partial charge in [-0.25, -0.2) is 0 Å². The van der Waals surface area contributed by atoms with Crippen molar-refractivity contribution in [3.05, 3.63) is 53.3 Å². The number of aromatic nitrogens is 2. The SMILES string of the molecule is CCc1ccc(C(NC)c2ccnn2C)cc1. The summed E-state index contributed by atoms with van der Waals surface area (Å²) in [7, 11) is 3.95. The first-order valence-electron chi connectivity index (χ1n) is 6.00. The van der Waals surface area contributed by atoms with Crippen LogP contribution in [0.5, 0.6) is 0 Å². The summed E-state index contributed by atoms with van der Waals surface area (Å²) in [6, 6.07) is 11.0. The van der Waals surface area contributed by atoms with Crippen LogP contribution in [0.2, 0.25) is 0 Å². The molecule has 0 fully saturated rings. The van der Waals surface area contributed by atoms with Gasteiger partial charge in [-0.3, -0.25) is 4.68 Å². The van der Waals surface area contributed by atoms with E-state index in [1.54, 1.807) is 0 Å². The van der Waals surface area contributed by atoms with Crippen molar-refractivity contribution in [2.45, 2.75) is 19.4 Å². The van der Waals surface area contributed by atoms with E-state index in [1.807, 2.05) is 25.0 Å². The first-order valence-corrected chi connectivity index (χ1v) is 6.00. The average Bonchev–Trinajstić information content (AvgIpc) is 2.78. The van der Waals surface area contributed by atoms with Gasteiger partial charge in [0, 0.05) is 13.2 Å². The fourth-order valence-electron chi connectivity index (χ4n) is 2.10. The molecular formula is C14H19N3. The summed E-state index contributed by atoms with van der Waals surface area (Å²) >= 11 is 0. The second kappa shape index (κ2) is 5.15. The molecule has 0 radical (unpaired) electrons. The van der Waals surface area contributed by atoms with Gasteiger partial charge in [-0.2, -0.15) is 5.10 Å².